The molecule has 2 aromatic carbocycles. The average Bonchev–Trinajstić information content (AvgIpc) is 3.76. The number of ketones is 1. The lowest BCUT2D eigenvalue weighted by molar-refractivity contribution is -0.341. The minimum Gasteiger partial charge on any atom is -0.469 e. The van der Waals surface area contributed by atoms with Gasteiger partial charge in [0.05, 0.1) is 55.2 Å². The van der Waals surface area contributed by atoms with E-state index in [-0.39, 0.29) is 38.2 Å². The monoisotopic (exact) mass is 834 g/mol. The summed E-state index contributed by atoms with van der Waals surface area (Å²) in [4.78, 5) is 28.8. The molecule has 2 bridgehead atoms. The van der Waals surface area contributed by atoms with Crippen LogP contribution in [0.5, 0.6) is 0 Å². The molecule has 0 amide bonds. The van der Waals surface area contributed by atoms with Gasteiger partial charge in [-0.3, -0.25) is 23.2 Å². The Hall–Kier alpha value is -3.49. The number of benzene rings is 2. The molecule has 4 aliphatic rings. The number of fused-ring (bicyclic) bond motifs is 5. The van der Waals surface area contributed by atoms with E-state index < -0.39 is 96.5 Å². The van der Waals surface area contributed by atoms with Gasteiger partial charge in [-0.15, -0.1) is 0 Å². The fraction of sp³-hybridized carbons (Fsp3) is 0.533. The number of aliphatic hydroxyl groups excluding tert-OH is 1. The summed E-state index contributed by atoms with van der Waals surface area (Å²) in [6, 6.07) is 21.5. The Morgan fingerprint density at radius 3 is 2.12 bits per heavy atom. The second kappa shape index (κ2) is 16.4. The number of phosphoric acid groups is 1. The summed E-state index contributed by atoms with van der Waals surface area (Å²) in [7, 11) is -4.30. The molecule has 1 aliphatic heterocycles. The number of phosphoric ester groups is 1. The summed E-state index contributed by atoms with van der Waals surface area (Å²) < 4.78 is 55.2. The van der Waals surface area contributed by atoms with Crippen LogP contribution in [0.3, 0.4) is 0 Å². The molecule has 3 aromatic rings. The smallest absolute Gasteiger partial charge is 0.469 e. The highest BCUT2D eigenvalue weighted by molar-refractivity contribution is 7.48. The molecule has 3 N–H and O–H groups in total. The largest absolute Gasteiger partial charge is 0.477 e. The first-order chi connectivity index (χ1) is 27.9. The predicted molar refractivity (Wildman–Crippen MR) is 213 cm³/mol. The van der Waals surface area contributed by atoms with E-state index in [9.17, 15) is 24.7 Å². The van der Waals surface area contributed by atoms with Crippen molar-refractivity contribution in [1.82, 2.24) is 0 Å². The lowest BCUT2D eigenvalue weighted by Crippen LogP contribution is -2.79. The maximum absolute atomic E-state index is 15.1. The molecule has 11 atom stereocenters. The fourth-order valence-corrected chi connectivity index (χ4v) is 11.2. The zero-order valence-electron chi connectivity index (χ0n) is 34.3. The van der Waals surface area contributed by atoms with E-state index >= 15 is 4.79 Å². The summed E-state index contributed by atoms with van der Waals surface area (Å²) in [5.74, 6) is -4.47. The zero-order chi connectivity index (χ0) is 42.5. The van der Waals surface area contributed by atoms with Crippen LogP contribution in [-0.2, 0) is 55.1 Å². The second-order valence-electron chi connectivity index (χ2n) is 17.3. The highest BCUT2D eigenvalue weighted by atomic mass is 31.2. The molecule has 7 rings (SSSR count). The molecular formula is C45H55O13P. The van der Waals surface area contributed by atoms with Crippen LogP contribution in [0.4, 0.5) is 0 Å². The summed E-state index contributed by atoms with van der Waals surface area (Å²) in [5, 5.41) is 37.8. The Labute approximate surface area is 345 Å². The normalized spacial score (nSPS) is 33.8. The standard InChI is InChI=1S/C45H55O13P/c1-27(33-19-14-20-52-33)28(2)41(48)58-34-22-45(50)30(4)39-43(7,40(47)38(46)37(29(34)3)42(45,5)6)35(21-36-44(39,49)25-53-36)54-26-57-59(51,55-23-31-15-10-8-11-16-31)56-24-32-17-12-9-13-18-32/h1,8-20,27-28,30,34-36,38-39,46,49-50H,21-26H2,2-7H3/t27-,28-,30?,34?,35?,36?,38?,39?,43-,44?,45?/m1/s1. The van der Waals surface area contributed by atoms with Gasteiger partial charge in [-0.05, 0) is 61.1 Å². The maximum atomic E-state index is 15.1. The topological polar surface area (TPSA) is 180 Å². The first-order valence-electron chi connectivity index (χ1n) is 20.1. The highest BCUT2D eigenvalue weighted by Gasteiger charge is 2.74. The minimum atomic E-state index is -4.30. The third kappa shape index (κ3) is 7.61. The van der Waals surface area contributed by atoms with Crippen molar-refractivity contribution in [3.8, 4) is 0 Å². The molecule has 2 heterocycles. The van der Waals surface area contributed by atoms with Crippen molar-refractivity contribution in [2.75, 3.05) is 13.4 Å². The number of rotatable bonds is 14. The molecule has 59 heavy (non-hydrogen) atoms. The van der Waals surface area contributed by atoms with E-state index in [0.717, 1.165) is 11.1 Å². The van der Waals surface area contributed by atoms with Crippen molar-refractivity contribution >= 4 is 19.6 Å². The number of carbonyl (C=O) groups is 2. The lowest BCUT2D eigenvalue weighted by Gasteiger charge is -2.67. The SMILES string of the molecule is [CH][C@@H](c1ccco1)[C@@H](C)C(=O)OC1CC2(O)C(C)C3C4(O)COC4CC(OCOP(=O)(OCc4ccccc4)OCc4ccccc4)[C@@]3(C)C(=O)C(O)C(=C1C)C2(C)C. The summed E-state index contributed by atoms with van der Waals surface area (Å²) in [6.07, 6.45) is -3.34. The van der Waals surface area contributed by atoms with Crippen molar-refractivity contribution in [2.24, 2.45) is 28.6 Å². The molecule has 1 aromatic heterocycles. The molecule has 318 valence electrons. The van der Waals surface area contributed by atoms with Crippen LogP contribution in [0.25, 0.3) is 0 Å². The Morgan fingerprint density at radius 2 is 1.58 bits per heavy atom. The summed E-state index contributed by atoms with van der Waals surface area (Å²) >= 11 is 0. The molecule has 1 saturated heterocycles. The van der Waals surface area contributed by atoms with Crippen LogP contribution < -0.4 is 0 Å². The lowest BCUT2D eigenvalue weighted by atomic mass is 9.43. The van der Waals surface area contributed by atoms with Gasteiger partial charge in [0, 0.05) is 30.1 Å². The van der Waals surface area contributed by atoms with E-state index in [1.165, 1.54) is 6.26 Å². The molecule has 3 fully saturated rings. The van der Waals surface area contributed by atoms with Gasteiger partial charge < -0.3 is 33.9 Å². The molecule has 3 aliphatic carbocycles. The number of hydrogen-bond donors (Lipinski definition) is 3. The van der Waals surface area contributed by atoms with E-state index in [1.807, 2.05) is 36.4 Å². The number of carbonyl (C=O) groups excluding carboxylic acids is 2. The van der Waals surface area contributed by atoms with Gasteiger partial charge in [-0.25, -0.2) is 4.57 Å². The number of esters is 1. The molecular weight excluding hydrogens is 779 g/mol. The van der Waals surface area contributed by atoms with Crippen LogP contribution in [0, 0.1) is 35.5 Å². The van der Waals surface area contributed by atoms with E-state index in [1.54, 1.807) is 77.9 Å². The van der Waals surface area contributed by atoms with Gasteiger partial charge in [-0.2, -0.15) is 0 Å². The van der Waals surface area contributed by atoms with Crippen molar-refractivity contribution in [2.45, 2.75) is 109 Å². The molecule has 8 unspecified atom stereocenters. The Bertz CT molecular complexity index is 2010. The Morgan fingerprint density at radius 1 is 0.966 bits per heavy atom. The van der Waals surface area contributed by atoms with Crippen molar-refractivity contribution in [3.05, 3.63) is 114 Å². The van der Waals surface area contributed by atoms with Gasteiger partial charge in [0.1, 0.15) is 23.6 Å². The number of ether oxygens (including phenoxy) is 3. The quantitative estimate of drug-likeness (QED) is 0.0674. The van der Waals surface area contributed by atoms with E-state index in [2.05, 4.69) is 0 Å². The van der Waals surface area contributed by atoms with Crippen molar-refractivity contribution in [1.29, 1.82) is 0 Å². The average molecular weight is 835 g/mol. The van der Waals surface area contributed by atoms with Gasteiger partial charge in [0.15, 0.2) is 12.6 Å². The van der Waals surface area contributed by atoms with Crippen molar-refractivity contribution in [3.63, 3.8) is 0 Å². The van der Waals surface area contributed by atoms with Crippen LogP contribution in [0.15, 0.2) is 94.6 Å². The van der Waals surface area contributed by atoms with Gasteiger partial charge in [0.25, 0.3) is 0 Å². The van der Waals surface area contributed by atoms with Crippen LogP contribution in [-0.4, -0.2) is 76.1 Å². The number of Topliss-reactive ketones (excluding diaryl/α,β-unsaturated/α-hetero) is 1. The van der Waals surface area contributed by atoms with Crippen LogP contribution in [0.2, 0.25) is 0 Å². The van der Waals surface area contributed by atoms with Crippen LogP contribution in [0.1, 0.15) is 77.2 Å². The Balaban J connectivity index is 1.18. The maximum Gasteiger partial charge on any atom is 0.477 e. The third-order valence-corrected chi connectivity index (χ3v) is 15.1. The first kappa shape index (κ1) is 43.6. The zero-order valence-corrected chi connectivity index (χ0v) is 35.2. The summed E-state index contributed by atoms with van der Waals surface area (Å²) in [5.41, 5.74) is -4.15. The third-order valence-electron chi connectivity index (χ3n) is 13.8. The number of furan rings is 1. The Kier molecular flexibility index (Phi) is 12.1. The molecule has 13 nitrogen and oxygen atoms in total. The van der Waals surface area contributed by atoms with Gasteiger partial charge >= 0.3 is 13.8 Å². The van der Waals surface area contributed by atoms with E-state index in [0.29, 0.717) is 11.3 Å². The van der Waals surface area contributed by atoms with Gasteiger partial charge in [0.2, 0.25) is 0 Å². The van der Waals surface area contributed by atoms with Crippen molar-refractivity contribution < 1.29 is 61.7 Å². The summed E-state index contributed by atoms with van der Waals surface area (Å²) in [6.45, 7) is 15.6. The molecule has 0 spiro atoms. The molecule has 2 saturated carbocycles. The van der Waals surface area contributed by atoms with E-state index in [4.69, 9.17) is 39.1 Å². The number of aliphatic hydroxyl groups is 3. The number of hydrogen-bond acceptors (Lipinski definition) is 13. The molecule has 2 radical (unpaired) electrons. The molecule has 14 heteroatoms. The van der Waals surface area contributed by atoms with Gasteiger partial charge in [-0.1, -0.05) is 88.4 Å². The minimum absolute atomic E-state index is 0.0198. The first-order valence-corrected chi connectivity index (χ1v) is 21.6. The fourth-order valence-electron chi connectivity index (χ4n) is 10.2. The predicted octanol–water partition coefficient (Wildman–Crippen LogP) is 6.74. The second-order valence-corrected chi connectivity index (χ2v) is 19.0. The van der Waals surface area contributed by atoms with Crippen LogP contribution >= 0.6 is 7.82 Å². The highest BCUT2D eigenvalue weighted by Crippen LogP contribution is 2.65.